The lowest BCUT2D eigenvalue weighted by Gasteiger charge is -2.36. The molecule has 0 bridgehead atoms. The Hall–Kier alpha value is -1.10. The van der Waals surface area contributed by atoms with E-state index in [4.69, 9.17) is 21.3 Å². The van der Waals surface area contributed by atoms with Crippen molar-refractivity contribution in [3.63, 3.8) is 0 Å². The van der Waals surface area contributed by atoms with Crippen molar-refractivity contribution >= 4 is 47.4 Å². The third kappa shape index (κ3) is 8.95. The molecule has 1 heterocycles. The lowest BCUT2D eigenvalue weighted by Crippen LogP contribution is -2.54. The Balaban J connectivity index is 0.00000450. The second kappa shape index (κ2) is 14.1. The topological polar surface area (TPSA) is 69.2 Å². The third-order valence-corrected chi connectivity index (χ3v) is 4.97. The number of guanidine groups is 1. The highest BCUT2D eigenvalue weighted by molar-refractivity contribution is 14.0. The summed E-state index contributed by atoms with van der Waals surface area (Å²) >= 11 is 6.11. The van der Waals surface area contributed by atoms with Crippen molar-refractivity contribution in [3.8, 4) is 0 Å². The molecule has 1 amide bonds. The Kier molecular flexibility index (Phi) is 12.6. The number of rotatable bonds is 8. The summed E-state index contributed by atoms with van der Waals surface area (Å²) in [5.41, 5.74) is 1.01. The highest BCUT2D eigenvalue weighted by atomic mass is 127. The number of amides is 1. The van der Waals surface area contributed by atoms with Gasteiger partial charge in [0, 0.05) is 50.9 Å². The molecule has 9 heteroatoms. The Morgan fingerprint density at radius 1 is 1.27 bits per heavy atom. The minimum atomic E-state index is -0.150. The maximum atomic E-state index is 12.0. The fourth-order valence-electron chi connectivity index (χ4n) is 3.31. The minimum absolute atomic E-state index is 0. The van der Waals surface area contributed by atoms with Crippen LogP contribution in [-0.2, 0) is 9.53 Å². The highest BCUT2D eigenvalue weighted by Gasteiger charge is 2.22. The Labute approximate surface area is 202 Å². The van der Waals surface area contributed by atoms with Crippen LogP contribution in [0.25, 0.3) is 0 Å². The Bertz CT molecular complexity index is 681. The molecule has 7 nitrogen and oxygen atoms in total. The van der Waals surface area contributed by atoms with Gasteiger partial charge in [0.1, 0.15) is 6.10 Å². The lowest BCUT2D eigenvalue weighted by molar-refractivity contribution is -0.123. The molecule has 1 unspecified atom stereocenters. The van der Waals surface area contributed by atoms with Gasteiger partial charge in [-0.25, -0.2) is 0 Å². The molecule has 1 aliphatic heterocycles. The van der Waals surface area contributed by atoms with E-state index in [-0.39, 0.29) is 42.0 Å². The van der Waals surface area contributed by atoms with Crippen LogP contribution < -0.4 is 10.6 Å². The first-order valence-electron chi connectivity index (χ1n) is 10.3. The number of halogens is 2. The van der Waals surface area contributed by atoms with Crippen LogP contribution in [0.2, 0.25) is 5.02 Å². The third-order valence-electron chi connectivity index (χ3n) is 4.74. The molecule has 30 heavy (non-hydrogen) atoms. The van der Waals surface area contributed by atoms with Crippen molar-refractivity contribution in [1.29, 1.82) is 0 Å². The van der Waals surface area contributed by atoms with Crippen LogP contribution in [0.4, 0.5) is 0 Å². The zero-order valence-corrected chi connectivity index (χ0v) is 21.4. The van der Waals surface area contributed by atoms with Gasteiger partial charge in [-0.05, 0) is 38.5 Å². The molecule has 2 rings (SSSR count). The predicted molar refractivity (Wildman–Crippen MR) is 134 cm³/mol. The molecular weight excluding hydrogens is 517 g/mol. The van der Waals surface area contributed by atoms with Gasteiger partial charge in [0.05, 0.1) is 13.1 Å². The molecule has 1 aromatic carbocycles. The van der Waals surface area contributed by atoms with Crippen molar-refractivity contribution in [2.75, 3.05) is 52.9 Å². The van der Waals surface area contributed by atoms with Gasteiger partial charge >= 0.3 is 0 Å². The van der Waals surface area contributed by atoms with Crippen molar-refractivity contribution in [1.82, 2.24) is 20.4 Å². The van der Waals surface area contributed by atoms with Gasteiger partial charge < -0.3 is 20.3 Å². The molecule has 0 aliphatic carbocycles. The van der Waals surface area contributed by atoms with E-state index >= 15 is 0 Å². The van der Waals surface area contributed by atoms with Crippen LogP contribution >= 0.6 is 35.6 Å². The molecule has 170 valence electrons. The summed E-state index contributed by atoms with van der Waals surface area (Å²) in [5.74, 6) is 0.960. The van der Waals surface area contributed by atoms with E-state index in [9.17, 15) is 4.79 Å². The van der Waals surface area contributed by atoms with Crippen LogP contribution in [-0.4, -0.2) is 80.6 Å². The normalized spacial score (nSPS) is 16.2. The molecule has 0 saturated carbocycles. The fraction of sp³-hybridized carbons (Fsp3) is 0.619. The van der Waals surface area contributed by atoms with Gasteiger partial charge in [-0.15, -0.1) is 24.0 Å². The first kappa shape index (κ1) is 26.9. The number of hydrogen-bond acceptors (Lipinski definition) is 4. The second-order valence-corrected chi connectivity index (χ2v) is 7.90. The van der Waals surface area contributed by atoms with Crippen LogP contribution in [0.1, 0.15) is 32.4 Å². The fourth-order valence-corrected chi connectivity index (χ4v) is 3.51. The lowest BCUT2D eigenvalue weighted by atomic mass is 10.1. The smallest absolute Gasteiger partial charge is 0.234 e. The van der Waals surface area contributed by atoms with Crippen molar-refractivity contribution in [2.45, 2.75) is 32.9 Å². The minimum Gasteiger partial charge on any atom is -0.375 e. The van der Waals surface area contributed by atoms with Crippen LogP contribution in [0, 0.1) is 0 Å². The average molecular weight is 552 g/mol. The standard InChI is InChI=1S/C21H34ClN5O2.HI/c1-5-23-21(24-14-19(29-4)17-7-6-8-18(22)13-17)27-11-9-26(10-12-27)15-20(28)25-16(2)3;/h6-8,13,16,19H,5,9-12,14-15H2,1-4H3,(H,23,24)(H,25,28);1H. The number of nitrogens with zero attached hydrogens (tertiary/aromatic N) is 3. The largest absolute Gasteiger partial charge is 0.375 e. The van der Waals surface area contributed by atoms with E-state index in [0.29, 0.717) is 18.1 Å². The molecule has 1 atom stereocenters. The first-order chi connectivity index (χ1) is 13.9. The van der Waals surface area contributed by atoms with Crippen LogP contribution in [0.5, 0.6) is 0 Å². The van der Waals surface area contributed by atoms with E-state index in [1.165, 1.54) is 0 Å². The summed E-state index contributed by atoms with van der Waals surface area (Å²) in [5, 5.41) is 7.01. The Morgan fingerprint density at radius 2 is 1.97 bits per heavy atom. The summed E-state index contributed by atoms with van der Waals surface area (Å²) in [7, 11) is 1.69. The number of ether oxygens (including phenoxy) is 1. The van der Waals surface area contributed by atoms with E-state index in [1.54, 1.807) is 7.11 Å². The molecule has 1 fully saturated rings. The molecule has 2 N–H and O–H groups in total. The average Bonchev–Trinajstić information content (AvgIpc) is 2.67. The monoisotopic (exact) mass is 551 g/mol. The van der Waals surface area contributed by atoms with Gasteiger partial charge in [0.15, 0.2) is 5.96 Å². The maximum absolute atomic E-state index is 12.0. The Morgan fingerprint density at radius 3 is 2.53 bits per heavy atom. The van der Waals surface area contributed by atoms with Gasteiger partial charge in [-0.3, -0.25) is 14.7 Å². The summed E-state index contributed by atoms with van der Waals surface area (Å²) in [6, 6.07) is 7.87. The number of nitrogens with one attached hydrogen (secondary N) is 2. The quantitative estimate of drug-likeness (QED) is 0.295. The summed E-state index contributed by atoms with van der Waals surface area (Å²) in [6.07, 6.45) is -0.150. The molecule has 1 aromatic rings. The molecule has 1 saturated heterocycles. The van der Waals surface area contributed by atoms with Crippen LogP contribution in [0.15, 0.2) is 29.3 Å². The van der Waals surface area contributed by atoms with Crippen LogP contribution in [0.3, 0.4) is 0 Å². The number of benzene rings is 1. The van der Waals surface area contributed by atoms with E-state index in [2.05, 4.69) is 27.4 Å². The number of methoxy groups -OCH3 is 1. The second-order valence-electron chi connectivity index (χ2n) is 7.46. The van der Waals surface area contributed by atoms with Gasteiger partial charge in [-0.1, -0.05) is 23.7 Å². The molecule has 0 radical (unpaired) electrons. The van der Waals surface area contributed by atoms with E-state index in [1.807, 2.05) is 38.1 Å². The van der Waals surface area contributed by atoms with Crippen molar-refractivity contribution < 1.29 is 9.53 Å². The van der Waals surface area contributed by atoms with Gasteiger partial charge in [-0.2, -0.15) is 0 Å². The van der Waals surface area contributed by atoms with Gasteiger partial charge in [0.25, 0.3) is 0 Å². The van der Waals surface area contributed by atoms with Gasteiger partial charge in [0.2, 0.25) is 5.91 Å². The van der Waals surface area contributed by atoms with E-state index in [0.717, 1.165) is 44.2 Å². The SMILES string of the molecule is CCNC(=NCC(OC)c1cccc(Cl)c1)N1CCN(CC(=O)NC(C)C)CC1.I. The zero-order valence-electron chi connectivity index (χ0n) is 18.4. The number of hydrogen-bond donors (Lipinski definition) is 2. The zero-order chi connectivity index (χ0) is 21.2. The molecule has 0 aromatic heterocycles. The number of carbonyl (C=O) groups is 1. The summed E-state index contributed by atoms with van der Waals surface area (Å²) < 4.78 is 5.63. The predicted octanol–water partition coefficient (Wildman–Crippen LogP) is 2.75. The molecule has 0 spiro atoms. The number of carbonyl (C=O) groups excluding carboxylic acids is 1. The number of aliphatic imine (C=N–C) groups is 1. The van der Waals surface area contributed by atoms with E-state index < -0.39 is 0 Å². The molecular formula is C21H35ClIN5O2. The maximum Gasteiger partial charge on any atom is 0.234 e. The summed E-state index contributed by atoms with van der Waals surface area (Å²) in [6.45, 7) is 11.1. The highest BCUT2D eigenvalue weighted by Crippen LogP contribution is 2.20. The van der Waals surface area contributed by atoms with Crippen molar-refractivity contribution in [2.24, 2.45) is 4.99 Å². The first-order valence-corrected chi connectivity index (χ1v) is 10.6. The molecule has 1 aliphatic rings. The van der Waals surface area contributed by atoms with Crippen molar-refractivity contribution in [3.05, 3.63) is 34.9 Å². The number of piperazine rings is 1. The summed E-state index contributed by atoms with van der Waals surface area (Å²) in [4.78, 5) is 21.2.